The molecular formula is C27H28N2O4S. The van der Waals surface area contributed by atoms with Gasteiger partial charge in [0.2, 0.25) is 10.0 Å². The first kappa shape index (κ1) is 22.8. The highest BCUT2D eigenvalue weighted by Crippen LogP contribution is 2.33. The number of hydrogen-bond donors (Lipinski definition) is 0. The SMILES string of the molecule is CCc1ccc(C(=O)N2Cc3ccccc3-c3ccccc3C2)cc1S(=O)(=O)N1CCOCC1. The van der Waals surface area contributed by atoms with Crippen LogP contribution in [0, 0.1) is 0 Å². The molecule has 2 aliphatic rings. The molecule has 34 heavy (non-hydrogen) atoms. The van der Waals surface area contributed by atoms with Crippen LogP contribution in [0.1, 0.15) is 34.0 Å². The number of amides is 1. The lowest BCUT2D eigenvalue weighted by molar-refractivity contribution is 0.0726. The van der Waals surface area contributed by atoms with E-state index in [1.165, 1.54) is 4.31 Å². The van der Waals surface area contributed by atoms with E-state index < -0.39 is 10.0 Å². The van der Waals surface area contributed by atoms with Gasteiger partial charge in [0.1, 0.15) is 0 Å². The zero-order valence-electron chi connectivity index (χ0n) is 19.2. The van der Waals surface area contributed by atoms with Gasteiger partial charge in [0.05, 0.1) is 18.1 Å². The second-order valence-electron chi connectivity index (χ2n) is 8.67. The van der Waals surface area contributed by atoms with E-state index in [4.69, 9.17) is 4.74 Å². The zero-order valence-corrected chi connectivity index (χ0v) is 20.1. The summed E-state index contributed by atoms with van der Waals surface area (Å²) < 4.78 is 33.7. The van der Waals surface area contributed by atoms with E-state index in [0.29, 0.717) is 51.4 Å². The summed E-state index contributed by atoms with van der Waals surface area (Å²) in [7, 11) is -3.71. The summed E-state index contributed by atoms with van der Waals surface area (Å²) in [5.41, 5.74) is 5.52. The molecule has 0 unspecified atom stereocenters. The summed E-state index contributed by atoms with van der Waals surface area (Å²) in [6.07, 6.45) is 0.567. The molecule has 1 fully saturated rings. The molecule has 0 bridgehead atoms. The van der Waals surface area contributed by atoms with Crippen LogP contribution in [0.15, 0.2) is 71.6 Å². The van der Waals surface area contributed by atoms with E-state index in [9.17, 15) is 13.2 Å². The summed E-state index contributed by atoms with van der Waals surface area (Å²) in [5.74, 6) is -0.174. The van der Waals surface area contributed by atoms with Crippen LogP contribution in [0.5, 0.6) is 0 Å². The van der Waals surface area contributed by atoms with Gasteiger partial charge in [-0.15, -0.1) is 0 Å². The number of aryl methyl sites for hydroxylation is 1. The molecule has 1 amide bonds. The molecule has 6 nitrogen and oxygen atoms in total. The predicted molar refractivity (Wildman–Crippen MR) is 131 cm³/mol. The Bertz CT molecular complexity index is 1280. The number of hydrogen-bond acceptors (Lipinski definition) is 4. The van der Waals surface area contributed by atoms with Crippen molar-refractivity contribution in [1.82, 2.24) is 9.21 Å². The van der Waals surface area contributed by atoms with Crippen LogP contribution in [-0.2, 0) is 34.3 Å². The largest absolute Gasteiger partial charge is 0.379 e. The quantitative estimate of drug-likeness (QED) is 0.569. The summed E-state index contributed by atoms with van der Waals surface area (Å²) in [6.45, 7) is 4.26. The second-order valence-corrected chi connectivity index (χ2v) is 10.6. The molecule has 5 rings (SSSR count). The minimum absolute atomic E-state index is 0.174. The van der Waals surface area contributed by atoms with Crippen molar-refractivity contribution in [2.24, 2.45) is 0 Å². The van der Waals surface area contributed by atoms with Crippen molar-refractivity contribution in [3.8, 4) is 11.1 Å². The molecule has 176 valence electrons. The van der Waals surface area contributed by atoms with Gasteiger partial charge in [0, 0.05) is 31.7 Å². The van der Waals surface area contributed by atoms with Gasteiger partial charge in [0.25, 0.3) is 5.91 Å². The highest BCUT2D eigenvalue weighted by molar-refractivity contribution is 7.89. The molecule has 0 atom stereocenters. The molecule has 3 aromatic rings. The van der Waals surface area contributed by atoms with Crippen molar-refractivity contribution in [3.05, 3.63) is 89.0 Å². The zero-order chi connectivity index (χ0) is 23.7. The number of sulfonamides is 1. The standard InChI is InChI=1S/C27H28N2O4S/c1-2-20-11-12-21(17-26(20)34(31,32)29-13-15-33-16-14-29)27(30)28-18-22-7-3-5-9-24(22)25-10-6-4-8-23(25)19-28/h3-12,17H,2,13-16,18-19H2,1H3. The van der Waals surface area contributed by atoms with Gasteiger partial charge in [-0.2, -0.15) is 4.31 Å². The maximum Gasteiger partial charge on any atom is 0.254 e. The van der Waals surface area contributed by atoms with Crippen LogP contribution < -0.4 is 0 Å². The lowest BCUT2D eigenvalue weighted by atomic mass is 9.97. The Labute approximate surface area is 200 Å². The van der Waals surface area contributed by atoms with Crippen molar-refractivity contribution >= 4 is 15.9 Å². The third-order valence-corrected chi connectivity index (χ3v) is 8.60. The molecule has 3 aromatic carbocycles. The van der Waals surface area contributed by atoms with Crippen molar-refractivity contribution in [3.63, 3.8) is 0 Å². The lowest BCUT2D eigenvalue weighted by Crippen LogP contribution is -2.41. The number of carbonyl (C=O) groups excluding carboxylic acids is 1. The topological polar surface area (TPSA) is 66.9 Å². The summed E-state index contributed by atoms with van der Waals surface area (Å²) in [6, 6.07) is 21.4. The minimum Gasteiger partial charge on any atom is -0.379 e. The van der Waals surface area contributed by atoms with E-state index in [-0.39, 0.29) is 10.8 Å². The highest BCUT2D eigenvalue weighted by Gasteiger charge is 2.30. The van der Waals surface area contributed by atoms with Crippen molar-refractivity contribution in [2.75, 3.05) is 26.3 Å². The monoisotopic (exact) mass is 476 g/mol. The first-order valence-electron chi connectivity index (χ1n) is 11.7. The third kappa shape index (κ3) is 4.15. The van der Waals surface area contributed by atoms with E-state index in [0.717, 1.165) is 27.8 Å². The molecule has 0 N–H and O–H groups in total. The van der Waals surface area contributed by atoms with Crippen LogP contribution in [-0.4, -0.2) is 49.8 Å². The Balaban J connectivity index is 1.53. The molecular weight excluding hydrogens is 448 g/mol. The fourth-order valence-electron chi connectivity index (χ4n) is 4.78. The fourth-order valence-corrected chi connectivity index (χ4v) is 6.51. The average Bonchev–Trinajstić information content (AvgIpc) is 3.05. The fraction of sp³-hybridized carbons (Fsp3) is 0.296. The van der Waals surface area contributed by atoms with Crippen molar-refractivity contribution in [1.29, 1.82) is 0 Å². The highest BCUT2D eigenvalue weighted by atomic mass is 32.2. The Morgan fingerprint density at radius 3 is 2.06 bits per heavy atom. The summed E-state index contributed by atoms with van der Waals surface area (Å²) >= 11 is 0. The average molecular weight is 477 g/mol. The van der Waals surface area contributed by atoms with Crippen LogP contribution in [0.2, 0.25) is 0 Å². The van der Waals surface area contributed by atoms with Crippen LogP contribution in [0.4, 0.5) is 0 Å². The van der Waals surface area contributed by atoms with Gasteiger partial charge in [-0.05, 0) is 46.4 Å². The van der Waals surface area contributed by atoms with Gasteiger partial charge in [-0.1, -0.05) is 61.5 Å². The summed E-state index contributed by atoms with van der Waals surface area (Å²) in [4.78, 5) is 15.7. The maximum atomic E-state index is 13.7. The number of nitrogens with zero attached hydrogens (tertiary/aromatic N) is 2. The van der Waals surface area contributed by atoms with Gasteiger partial charge in [-0.25, -0.2) is 8.42 Å². The first-order chi connectivity index (χ1) is 16.5. The number of ether oxygens (including phenoxy) is 1. The molecule has 7 heteroatoms. The normalized spacial score (nSPS) is 16.4. The number of carbonyl (C=O) groups is 1. The van der Waals surface area contributed by atoms with Crippen LogP contribution in [0.25, 0.3) is 11.1 Å². The van der Waals surface area contributed by atoms with E-state index in [1.54, 1.807) is 23.1 Å². The Kier molecular flexibility index (Phi) is 6.25. The third-order valence-electron chi connectivity index (χ3n) is 6.62. The lowest BCUT2D eigenvalue weighted by Gasteiger charge is -2.27. The molecule has 0 aromatic heterocycles. The smallest absolute Gasteiger partial charge is 0.254 e. The molecule has 1 saturated heterocycles. The first-order valence-corrected chi connectivity index (χ1v) is 13.1. The predicted octanol–water partition coefficient (Wildman–Crippen LogP) is 4.09. The maximum absolute atomic E-state index is 13.7. The van der Waals surface area contributed by atoms with E-state index >= 15 is 0 Å². The molecule has 2 aliphatic heterocycles. The number of rotatable bonds is 4. The number of fused-ring (bicyclic) bond motifs is 3. The van der Waals surface area contributed by atoms with Crippen LogP contribution >= 0.6 is 0 Å². The number of morpholine rings is 1. The minimum atomic E-state index is -3.71. The van der Waals surface area contributed by atoms with Crippen molar-refractivity contribution in [2.45, 2.75) is 31.3 Å². The van der Waals surface area contributed by atoms with Crippen LogP contribution in [0.3, 0.4) is 0 Å². The van der Waals surface area contributed by atoms with Gasteiger partial charge >= 0.3 is 0 Å². The second kappa shape index (κ2) is 9.33. The van der Waals surface area contributed by atoms with Gasteiger partial charge in [-0.3, -0.25) is 4.79 Å². The molecule has 0 saturated carbocycles. The summed E-state index contributed by atoms with van der Waals surface area (Å²) in [5, 5.41) is 0. The molecule has 2 heterocycles. The Hall–Kier alpha value is -3.00. The van der Waals surface area contributed by atoms with E-state index in [1.807, 2.05) is 43.3 Å². The van der Waals surface area contributed by atoms with Crippen molar-refractivity contribution < 1.29 is 17.9 Å². The van der Waals surface area contributed by atoms with Gasteiger partial charge < -0.3 is 9.64 Å². The van der Waals surface area contributed by atoms with E-state index in [2.05, 4.69) is 12.1 Å². The Morgan fingerprint density at radius 1 is 0.882 bits per heavy atom. The molecule has 0 aliphatic carbocycles. The molecule has 0 spiro atoms. The number of benzene rings is 3. The van der Waals surface area contributed by atoms with Gasteiger partial charge in [0.15, 0.2) is 0 Å². The molecule has 0 radical (unpaired) electrons. The Morgan fingerprint density at radius 2 is 1.47 bits per heavy atom.